The van der Waals surface area contributed by atoms with Crippen LogP contribution >= 0.6 is 0 Å². The SMILES string of the molecule is COCCOCC(=O)Nc1cccc(CN)c1. The Balaban J connectivity index is 2.34. The maximum absolute atomic E-state index is 11.5. The number of carbonyl (C=O) groups is 1. The fourth-order valence-corrected chi connectivity index (χ4v) is 1.28. The van der Waals surface area contributed by atoms with E-state index in [1.807, 2.05) is 24.3 Å². The molecular formula is C12H18N2O3. The number of anilines is 1. The van der Waals surface area contributed by atoms with Gasteiger partial charge in [-0.25, -0.2) is 0 Å². The van der Waals surface area contributed by atoms with Gasteiger partial charge in [0.05, 0.1) is 13.2 Å². The van der Waals surface area contributed by atoms with Gasteiger partial charge >= 0.3 is 0 Å². The first-order valence-corrected chi connectivity index (χ1v) is 5.42. The Bertz CT molecular complexity index is 355. The number of nitrogens with one attached hydrogen (secondary N) is 1. The van der Waals surface area contributed by atoms with Crippen molar-refractivity contribution in [1.29, 1.82) is 0 Å². The molecule has 0 radical (unpaired) electrons. The van der Waals surface area contributed by atoms with Gasteiger partial charge in [-0.2, -0.15) is 0 Å². The van der Waals surface area contributed by atoms with Gasteiger partial charge in [0.1, 0.15) is 6.61 Å². The van der Waals surface area contributed by atoms with Crippen LogP contribution in [0.25, 0.3) is 0 Å². The molecule has 0 atom stereocenters. The van der Waals surface area contributed by atoms with Gasteiger partial charge in [0.15, 0.2) is 0 Å². The van der Waals surface area contributed by atoms with Crippen molar-refractivity contribution in [2.45, 2.75) is 6.54 Å². The fraction of sp³-hybridized carbons (Fsp3) is 0.417. The van der Waals surface area contributed by atoms with E-state index in [-0.39, 0.29) is 12.5 Å². The molecular weight excluding hydrogens is 220 g/mol. The van der Waals surface area contributed by atoms with Gasteiger partial charge in [-0.15, -0.1) is 0 Å². The molecule has 0 saturated heterocycles. The molecule has 1 amide bonds. The van der Waals surface area contributed by atoms with Crippen LogP contribution in [0.1, 0.15) is 5.56 Å². The first kappa shape index (κ1) is 13.6. The third-order valence-corrected chi connectivity index (χ3v) is 2.11. The minimum absolute atomic E-state index is 0.0240. The first-order chi connectivity index (χ1) is 8.26. The molecule has 0 unspecified atom stereocenters. The fourth-order valence-electron chi connectivity index (χ4n) is 1.28. The Labute approximate surface area is 101 Å². The van der Waals surface area contributed by atoms with Gasteiger partial charge < -0.3 is 20.5 Å². The van der Waals surface area contributed by atoms with Crippen LogP contribution in [-0.2, 0) is 20.8 Å². The molecule has 0 bridgehead atoms. The molecule has 0 fully saturated rings. The minimum atomic E-state index is -0.185. The molecule has 17 heavy (non-hydrogen) atoms. The summed E-state index contributed by atoms with van der Waals surface area (Å²) in [4.78, 5) is 11.5. The number of rotatable bonds is 7. The third kappa shape index (κ3) is 5.44. The number of ether oxygens (including phenoxy) is 2. The number of benzene rings is 1. The van der Waals surface area contributed by atoms with Crippen molar-refractivity contribution < 1.29 is 14.3 Å². The number of nitrogens with two attached hydrogens (primary N) is 1. The zero-order valence-electron chi connectivity index (χ0n) is 9.94. The quantitative estimate of drug-likeness (QED) is 0.687. The van der Waals surface area contributed by atoms with E-state index in [0.717, 1.165) is 11.3 Å². The van der Waals surface area contributed by atoms with E-state index in [9.17, 15) is 4.79 Å². The lowest BCUT2D eigenvalue weighted by atomic mass is 10.2. The summed E-state index contributed by atoms with van der Waals surface area (Å²) in [6, 6.07) is 7.41. The van der Waals surface area contributed by atoms with Gasteiger partial charge in [0, 0.05) is 19.3 Å². The predicted octanol–water partition coefficient (Wildman–Crippen LogP) is 0.747. The number of hydrogen-bond acceptors (Lipinski definition) is 4. The van der Waals surface area contributed by atoms with Crippen molar-refractivity contribution in [3.63, 3.8) is 0 Å². The molecule has 3 N–H and O–H groups in total. The highest BCUT2D eigenvalue weighted by atomic mass is 16.5. The Morgan fingerprint density at radius 1 is 1.41 bits per heavy atom. The molecule has 0 aromatic heterocycles. The first-order valence-electron chi connectivity index (χ1n) is 5.42. The van der Waals surface area contributed by atoms with Crippen LogP contribution in [0.4, 0.5) is 5.69 Å². The monoisotopic (exact) mass is 238 g/mol. The lowest BCUT2D eigenvalue weighted by Gasteiger charge is -2.07. The van der Waals surface area contributed by atoms with Crippen LogP contribution in [0.5, 0.6) is 0 Å². The maximum Gasteiger partial charge on any atom is 0.250 e. The second kappa shape index (κ2) is 7.78. The number of carbonyl (C=O) groups excluding carboxylic acids is 1. The maximum atomic E-state index is 11.5. The molecule has 0 heterocycles. The molecule has 0 saturated carbocycles. The Morgan fingerprint density at radius 3 is 2.94 bits per heavy atom. The van der Waals surface area contributed by atoms with Gasteiger partial charge in [-0.05, 0) is 17.7 Å². The summed E-state index contributed by atoms with van der Waals surface area (Å²) in [5, 5.41) is 2.73. The average Bonchev–Trinajstić information content (AvgIpc) is 2.35. The van der Waals surface area contributed by atoms with Crippen molar-refractivity contribution in [3.8, 4) is 0 Å². The molecule has 0 aliphatic rings. The lowest BCUT2D eigenvalue weighted by Crippen LogP contribution is -2.19. The second-order valence-electron chi connectivity index (χ2n) is 3.50. The average molecular weight is 238 g/mol. The van der Waals surface area contributed by atoms with Gasteiger partial charge in [-0.1, -0.05) is 12.1 Å². The summed E-state index contributed by atoms with van der Waals surface area (Å²) in [6.45, 7) is 1.37. The van der Waals surface area contributed by atoms with Gasteiger partial charge in [0.25, 0.3) is 0 Å². The largest absolute Gasteiger partial charge is 0.382 e. The van der Waals surface area contributed by atoms with Crippen LogP contribution in [0, 0.1) is 0 Å². The highest BCUT2D eigenvalue weighted by molar-refractivity contribution is 5.91. The van der Waals surface area contributed by atoms with Crippen molar-refractivity contribution in [1.82, 2.24) is 0 Å². The molecule has 1 aromatic rings. The van der Waals surface area contributed by atoms with E-state index in [1.54, 1.807) is 7.11 Å². The lowest BCUT2D eigenvalue weighted by molar-refractivity contribution is -0.121. The summed E-state index contributed by atoms with van der Waals surface area (Å²) in [6.07, 6.45) is 0. The van der Waals surface area contributed by atoms with Crippen molar-refractivity contribution >= 4 is 11.6 Å². The molecule has 1 aromatic carbocycles. The van der Waals surface area contributed by atoms with Gasteiger partial charge in [-0.3, -0.25) is 4.79 Å². The van der Waals surface area contributed by atoms with Crippen LogP contribution in [0.2, 0.25) is 0 Å². The van der Waals surface area contributed by atoms with Crippen molar-refractivity contribution in [3.05, 3.63) is 29.8 Å². The Morgan fingerprint density at radius 2 is 2.24 bits per heavy atom. The molecule has 5 nitrogen and oxygen atoms in total. The Hall–Kier alpha value is -1.43. The van der Waals surface area contributed by atoms with Crippen LogP contribution in [-0.4, -0.2) is 32.8 Å². The summed E-state index contributed by atoms with van der Waals surface area (Å²) < 4.78 is 9.90. The zero-order valence-corrected chi connectivity index (χ0v) is 9.94. The van der Waals surface area contributed by atoms with E-state index in [2.05, 4.69) is 5.32 Å². The van der Waals surface area contributed by atoms with E-state index in [1.165, 1.54) is 0 Å². The highest BCUT2D eigenvalue weighted by Gasteiger charge is 2.02. The molecule has 5 heteroatoms. The predicted molar refractivity (Wildman–Crippen MR) is 65.7 cm³/mol. The van der Waals surface area contributed by atoms with E-state index < -0.39 is 0 Å². The van der Waals surface area contributed by atoms with Crippen LogP contribution < -0.4 is 11.1 Å². The zero-order chi connectivity index (χ0) is 12.5. The number of methoxy groups -OCH3 is 1. The van der Waals surface area contributed by atoms with Crippen LogP contribution in [0.15, 0.2) is 24.3 Å². The van der Waals surface area contributed by atoms with E-state index >= 15 is 0 Å². The standard InChI is InChI=1S/C12H18N2O3/c1-16-5-6-17-9-12(15)14-11-4-2-3-10(7-11)8-13/h2-4,7H,5-6,8-9,13H2,1H3,(H,14,15). The highest BCUT2D eigenvalue weighted by Crippen LogP contribution is 2.09. The second-order valence-corrected chi connectivity index (χ2v) is 3.50. The summed E-state index contributed by atoms with van der Waals surface area (Å²) in [5.41, 5.74) is 7.22. The molecule has 0 aliphatic heterocycles. The summed E-state index contributed by atoms with van der Waals surface area (Å²) >= 11 is 0. The number of amides is 1. The van der Waals surface area contributed by atoms with Crippen molar-refractivity contribution in [2.75, 3.05) is 32.2 Å². The molecule has 94 valence electrons. The van der Waals surface area contributed by atoms with Crippen molar-refractivity contribution in [2.24, 2.45) is 5.73 Å². The molecule has 1 rings (SSSR count). The van der Waals surface area contributed by atoms with Crippen LogP contribution in [0.3, 0.4) is 0 Å². The minimum Gasteiger partial charge on any atom is -0.382 e. The molecule has 0 spiro atoms. The normalized spacial score (nSPS) is 10.2. The Kier molecular flexibility index (Phi) is 6.24. The van der Waals surface area contributed by atoms with E-state index in [0.29, 0.717) is 19.8 Å². The van der Waals surface area contributed by atoms with Gasteiger partial charge in [0.2, 0.25) is 5.91 Å². The molecule has 0 aliphatic carbocycles. The third-order valence-electron chi connectivity index (χ3n) is 2.11. The smallest absolute Gasteiger partial charge is 0.250 e. The summed E-state index contributed by atoms with van der Waals surface area (Å²) in [7, 11) is 1.59. The van der Waals surface area contributed by atoms with E-state index in [4.69, 9.17) is 15.2 Å². The number of hydrogen-bond donors (Lipinski definition) is 2. The topological polar surface area (TPSA) is 73.6 Å². The summed E-state index contributed by atoms with van der Waals surface area (Å²) in [5.74, 6) is -0.185.